The number of carbonyl (C=O) groups excluding carboxylic acids is 1. The maximum absolute atomic E-state index is 13.8. The van der Waals surface area contributed by atoms with E-state index in [4.69, 9.17) is 0 Å². The zero-order valence-electron chi connectivity index (χ0n) is 17.2. The third-order valence-electron chi connectivity index (χ3n) is 4.97. The second-order valence-corrected chi connectivity index (χ2v) is 7.14. The highest BCUT2D eigenvalue weighted by Gasteiger charge is 2.21. The number of aromatic nitrogens is 2. The molecule has 166 valence electrons. The summed E-state index contributed by atoms with van der Waals surface area (Å²) < 4.78 is 13.7. The summed E-state index contributed by atoms with van der Waals surface area (Å²) in [6.07, 6.45) is 0. The minimum atomic E-state index is -1.21. The first kappa shape index (κ1) is 21.6. The summed E-state index contributed by atoms with van der Waals surface area (Å²) in [4.78, 5) is 39.4. The van der Waals surface area contributed by atoms with Gasteiger partial charge in [0.15, 0.2) is 0 Å². The second-order valence-electron chi connectivity index (χ2n) is 7.14. The van der Waals surface area contributed by atoms with Crippen LogP contribution in [0.1, 0.15) is 15.9 Å². The molecule has 9 heteroatoms. The third-order valence-corrected chi connectivity index (χ3v) is 4.97. The Morgan fingerprint density at radius 3 is 2.24 bits per heavy atom. The zero-order valence-corrected chi connectivity index (χ0v) is 17.2. The van der Waals surface area contributed by atoms with Gasteiger partial charge in [0, 0.05) is 17.8 Å². The average molecular weight is 446 g/mol. The molecule has 8 nitrogen and oxygen atoms in total. The number of halogens is 1. The molecule has 0 unspecified atom stereocenters. The summed E-state index contributed by atoms with van der Waals surface area (Å²) in [6, 6.07) is 22.6. The molecular formula is C24H19FN4O4. The SMILES string of the molecule is O=C(NCc1ccccc1F)c1c(Nc2ccc(-c3ccccc3)cc2)[nH]c(=O)n(O)c1=O. The highest BCUT2D eigenvalue weighted by atomic mass is 19.1. The van der Waals surface area contributed by atoms with E-state index in [1.165, 1.54) is 18.2 Å². The van der Waals surface area contributed by atoms with Gasteiger partial charge in [-0.25, -0.2) is 9.18 Å². The average Bonchev–Trinajstić information content (AvgIpc) is 2.83. The highest BCUT2D eigenvalue weighted by Crippen LogP contribution is 2.23. The lowest BCUT2D eigenvalue weighted by Crippen LogP contribution is -2.40. The van der Waals surface area contributed by atoms with Crippen molar-refractivity contribution in [3.63, 3.8) is 0 Å². The number of carbonyl (C=O) groups is 1. The predicted molar refractivity (Wildman–Crippen MR) is 121 cm³/mol. The number of aromatic amines is 1. The number of hydrogen-bond acceptors (Lipinski definition) is 5. The van der Waals surface area contributed by atoms with E-state index in [0.717, 1.165) is 11.1 Å². The molecule has 0 radical (unpaired) electrons. The quantitative estimate of drug-likeness (QED) is 0.339. The number of anilines is 2. The van der Waals surface area contributed by atoms with Crippen LogP contribution in [0.15, 0.2) is 88.5 Å². The van der Waals surface area contributed by atoms with Gasteiger partial charge in [-0.2, -0.15) is 0 Å². The van der Waals surface area contributed by atoms with Crippen LogP contribution in [-0.2, 0) is 6.54 Å². The molecule has 0 saturated carbocycles. The number of benzene rings is 3. The molecule has 0 aliphatic heterocycles. The van der Waals surface area contributed by atoms with Crippen molar-refractivity contribution in [3.05, 3.63) is 117 Å². The summed E-state index contributed by atoms with van der Waals surface area (Å²) in [5.74, 6) is -1.62. The van der Waals surface area contributed by atoms with Crippen molar-refractivity contribution in [2.24, 2.45) is 0 Å². The van der Waals surface area contributed by atoms with Crippen molar-refractivity contribution >= 4 is 17.4 Å². The Kier molecular flexibility index (Phi) is 6.03. The molecule has 4 aromatic rings. The monoisotopic (exact) mass is 446 g/mol. The topological polar surface area (TPSA) is 116 Å². The number of nitrogens with one attached hydrogen (secondary N) is 3. The van der Waals surface area contributed by atoms with Crippen LogP contribution in [0.25, 0.3) is 11.1 Å². The molecule has 0 saturated heterocycles. The molecule has 1 aromatic heterocycles. The lowest BCUT2D eigenvalue weighted by molar-refractivity contribution is 0.0940. The first-order valence-electron chi connectivity index (χ1n) is 9.97. The van der Waals surface area contributed by atoms with Crippen LogP contribution >= 0.6 is 0 Å². The van der Waals surface area contributed by atoms with Crippen LogP contribution in [-0.4, -0.2) is 20.8 Å². The summed E-state index contributed by atoms with van der Waals surface area (Å²) in [5.41, 5.74) is -0.200. The second kappa shape index (κ2) is 9.23. The first-order chi connectivity index (χ1) is 15.9. The minimum Gasteiger partial charge on any atom is -0.421 e. The smallest absolute Gasteiger partial charge is 0.363 e. The number of nitrogens with zero attached hydrogens (tertiary/aromatic N) is 1. The number of hydrogen-bond donors (Lipinski definition) is 4. The van der Waals surface area contributed by atoms with E-state index in [1.54, 1.807) is 18.2 Å². The van der Waals surface area contributed by atoms with Crippen LogP contribution in [0.2, 0.25) is 0 Å². The number of H-pyrrole nitrogens is 1. The molecule has 4 rings (SSSR count). The zero-order chi connectivity index (χ0) is 23.4. The van der Waals surface area contributed by atoms with Gasteiger partial charge in [-0.1, -0.05) is 65.4 Å². The van der Waals surface area contributed by atoms with Crippen LogP contribution in [0.4, 0.5) is 15.9 Å². The van der Waals surface area contributed by atoms with E-state index in [-0.39, 0.29) is 22.7 Å². The van der Waals surface area contributed by atoms with E-state index in [0.29, 0.717) is 5.69 Å². The number of amides is 1. The van der Waals surface area contributed by atoms with Crippen molar-refractivity contribution < 1.29 is 14.4 Å². The van der Waals surface area contributed by atoms with Gasteiger partial charge in [0.05, 0.1) is 0 Å². The fourth-order valence-corrected chi connectivity index (χ4v) is 3.26. The Labute approximate surface area is 186 Å². The molecule has 1 amide bonds. The molecule has 0 fully saturated rings. The van der Waals surface area contributed by atoms with E-state index >= 15 is 0 Å². The molecule has 0 aliphatic carbocycles. The molecule has 0 bridgehead atoms. The minimum absolute atomic E-state index is 0.193. The Morgan fingerprint density at radius 1 is 0.909 bits per heavy atom. The van der Waals surface area contributed by atoms with E-state index < -0.39 is 28.5 Å². The Hall–Kier alpha value is -4.66. The van der Waals surface area contributed by atoms with Gasteiger partial charge < -0.3 is 15.8 Å². The third kappa shape index (κ3) is 4.67. The van der Waals surface area contributed by atoms with Gasteiger partial charge in [0.2, 0.25) is 0 Å². The fourth-order valence-electron chi connectivity index (χ4n) is 3.26. The molecule has 33 heavy (non-hydrogen) atoms. The predicted octanol–water partition coefficient (Wildman–Crippen LogP) is 3.25. The lowest BCUT2D eigenvalue weighted by atomic mass is 10.1. The Bertz CT molecular complexity index is 1410. The van der Waals surface area contributed by atoms with Crippen LogP contribution in [0.3, 0.4) is 0 Å². The molecular weight excluding hydrogens is 427 g/mol. The van der Waals surface area contributed by atoms with Crippen molar-refractivity contribution in [1.82, 2.24) is 15.0 Å². The Balaban J connectivity index is 1.62. The first-order valence-corrected chi connectivity index (χ1v) is 9.97. The Morgan fingerprint density at radius 2 is 1.55 bits per heavy atom. The lowest BCUT2D eigenvalue weighted by Gasteiger charge is -2.13. The maximum Gasteiger partial charge on any atom is 0.363 e. The number of rotatable bonds is 6. The van der Waals surface area contributed by atoms with Crippen molar-refractivity contribution in [1.29, 1.82) is 0 Å². The summed E-state index contributed by atoms with van der Waals surface area (Å²) in [7, 11) is 0. The molecule has 0 spiro atoms. The fraction of sp³-hybridized carbons (Fsp3) is 0.0417. The van der Waals surface area contributed by atoms with Gasteiger partial charge in [-0.15, -0.1) is 0 Å². The molecule has 1 heterocycles. The largest absolute Gasteiger partial charge is 0.421 e. The van der Waals surface area contributed by atoms with Crippen molar-refractivity contribution in [2.75, 3.05) is 5.32 Å². The van der Waals surface area contributed by atoms with Crippen molar-refractivity contribution in [2.45, 2.75) is 6.54 Å². The van der Waals surface area contributed by atoms with E-state index in [1.807, 2.05) is 42.5 Å². The van der Waals surface area contributed by atoms with Crippen molar-refractivity contribution in [3.8, 4) is 11.1 Å². The highest BCUT2D eigenvalue weighted by molar-refractivity contribution is 5.99. The summed E-state index contributed by atoms with van der Waals surface area (Å²) in [6.45, 7) is -0.194. The molecule has 4 N–H and O–H groups in total. The van der Waals surface area contributed by atoms with E-state index in [2.05, 4.69) is 15.6 Å². The van der Waals surface area contributed by atoms with Gasteiger partial charge in [0.1, 0.15) is 17.2 Å². The summed E-state index contributed by atoms with van der Waals surface area (Å²) >= 11 is 0. The summed E-state index contributed by atoms with van der Waals surface area (Å²) in [5, 5.41) is 15.0. The molecule has 0 aliphatic rings. The van der Waals surface area contributed by atoms with E-state index in [9.17, 15) is 24.0 Å². The maximum atomic E-state index is 13.8. The van der Waals surface area contributed by atoms with Crippen LogP contribution in [0, 0.1) is 5.82 Å². The normalized spacial score (nSPS) is 10.6. The van der Waals surface area contributed by atoms with Gasteiger partial charge in [-0.05, 0) is 29.3 Å². The molecule has 3 aromatic carbocycles. The van der Waals surface area contributed by atoms with Gasteiger partial charge in [-0.3, -0.25) is 14.6 Å². The molecule has 0 atom stereocenters. The van der Waals surface area contributed by atoms with Gasteiger partial charge in [0.25, 0.3) is 5.91 Å². The van der Waals surface area contributed by atoms with Crippen LogP contribution < -0.4 is 21.9 Å². The van der Waals surface area contributed by atoms with Gasteiger partial charge >= 0.3 is 11.2 Å². The standard InChI is InChI=1S/C24H19FN4O4/c25-19-9-5-4-8-17(19)14-26-22(30)20-21(28-24(32)29(33)23(20)31)27-18-12-10-16(11-13-18)15-6-2-1-3-7-15/h1-13,27,33H,14H2,(H,26,30)(H,28,32). The van der Waals surface area contributed by atoms with Crippen LogP contribution in [0.5, 0.6) is 0 Å².